The number of aliphatic hydroxyl groups excluding tert-OH is 1. The van der Waals surface area contributed by atoms with Crippen LogP contribution < -0.4 is 10.6 Å². The summed E-state index contributed by atoms with van der Waals surface area (Å²) in [6, 6.07) is 18.5. The highest BCUT2D eigenvalue weighted by atomic mass is 19.1. The van der Waals surface area contributed by atoms with Gasteiger partial charge in [0, 0.05) is 19.0 Å². The van der Waals surface area contributed by atoms with Crippen LogP contribution in [0.2, 0.25) is 0 Å². The van der Waals surface area contributed by atoms with Crippen LogP contribution in [0.3, 0.4) is 0 Å². The van der Waals surface area contributed by atoms with E-state index in [1.54, 1.807) is 11.9 Å². The van der Waals surface area contributed by atoms with E-state index in [0.717, 1.165) is 23.3 Å². The first-order chi connectivity index (χ1) is 18.7. The van der Waals surface area contributed by atoms with Crippen LogP contribution in [0.15, 0.2) is 91.0 Å². The third-order valence-corrected chi connectivity index (χ3v) is 6.72. The second kappa shape index (κ2) is 12.0. The molecule has 5 atom stereocenters. The molecule has 3 amide bonds. The van der Waals surface area contributed by atoms with Crippen molar-refractivity contribution in [2.24, 2.45) is 0 Å². The van der Waals surface area contributed by atoms with Crippen LogP contribution in [0.25, 0.3) is 0 Å². The molecule has 0 unspecified atom stereocenters. The quantitative estimate of drug-likeness (QED) is 0.405. The molecule has 0 spiro atoms. The topological polar surface area (TPSA) is 98.7 Å². The Bertz CT molecular complexity index is 1350. The lowest BCUT2D eigenvalue weighted by Crippen LogP contribution is -2.55. The van der Waals surface area contributed by atoms with Crippen molar-refractivity contribution in [3.8, 4) is 0 Å². The standard InChI is InChI=1S/C30H29F2N3O4/c1-18(33-29(38)27(36)21-15-22(31)17-23(32)16-21)28(37)34-26-24(19-9-5-3-6-10-19)13-14-25(35(2)30(26)39)20-11-7-4-8-12-20/h3-18,24-27,36H,1-2H3,(H,33,38)(H,34,37)/t18-,24-,25-,26-,27+/m0/s1. The van der Waals surface area contributed by atoms with Crippen LogP contribution in [0, 0.1) is 11.6 Å². The predicted molar refractivity (Wildman–Crippen MR) is 141 cm³/mol. The molecule has 7 nitrogen and oxygen atoms in total. The van der Waals surface area contributed by atoms with Crippen LogP contribution in [-0.4, -0.2) is 46.9 Å². The average molecular weight is 534 g/mol. The number of aliphatic hydroxyl groups is 1. The van der Waals surface area contributed by atoms with Gasteiger partial charge in [-0.25, -0.2) is 8.78 Å². The number of amides is 3. The van der Waals surface area contributed by atoms with Crippen molar-refractivity contribution in [1.82, 2.24) is 15.5 Å². The third-order valence-electron chi connectivity index (χ3n) is 6.72. The molecule has 0 aliphatic carbocycles. The van der Waals surface area contributed by atoms with Crippen molar-refractivity contribution in [3.63, 3.8) is 0 Å². The molecule has 3 aromatic rings. The zero-order valence-electron chi connectivity index (χ0n) is 21.4. The maximum Gasteiger partial charge on any atom is 0.254 e. The van der Waals surface area contributed by atoms with E-state index < -0.39 is 47.6 Å². The molecular weight excluding hydrogens is 504 g/mol. The fourth-order valence-electron chi connectivity index (χ4n) is 4.61. The number of carbonyl (C=O) groups excluding carboxylic acids is 3. The van der Waals surface area contributed by atoms with E-state index in [2.05, 4.69) is 10.6 Å². The smallest absolute Gasteiger partial charge is 0.254 e. The molecule has 1 aliphatic rings. The Labute approximate surface area is 225 Å². The molecule has 0 radical (unpaired) electrons. The minimum atomic E-state index is -1.90. The van der Waals surface area contributed by atoms with Gasteiger partial charge in [0.15, 0.2) is 6.10 Å². The average Bonchev–Trinajstić information content (AvgIpc) is 3.04. The van der Waals surface area contributed by atoms with Gasteiger partial charge >= 0.3 is 0 Å². The molecule has 4 rings (SSSR count). The van der Waals surface area contributed by atoms with Crippen molar-refractivity contribution in [3.05, 3.63) is 119 Å². The Balaban J connectivity index is 1.54. The summed E-state index contributed by atoms with van der Waals surface area (Å²) in [4.78, 5) is 41.0. The minimum Gasteiger partial charge on any atom is -0.378 e. The number of hydrogen-bond acceptors (Lipinski definition) is 4. The Kier molecular flexibility index (Phi) is 8.51. The molecular formula is C30H29F2N3O4. The Hall–Kier alpha value is -4.37. The first kappa shape index (κ1) is 27.7. The second-order valence-corrected chi connectivity index (χ2v) is 9.45. The molecule has 0 saturated heterocycles. The summed E-state index contributed by atoms with van der Waals surface area (Å²) < 4.78 is 27.1. The van der Waals surface area contributed by atoms with Crippen LogP contribution in [-0.2, 0) is 14.4 Å². The largest absolute Gasteiger partial charge is 0.378 e. The van der Waals surface area contributed by atoms with Gasteiger partial charge in [-0.05, 0) is 35.7 Å². The van der Waals surface area contributed by atoms with E-state index in [-0.39, 0.29) is 17.5 Å². The van der Waals surface area contributed by atoms with E-state index in [1.807, 2.05) is 72.8 Å². The molecule has 9 heteroatoms. The molecule has 1 aliphatic heterocycles. The van der Waals surface area contributed by atoms with Gasteiger partial charge in [-0.15, -0.1) is 0 Å². The van der Waals surface area contributed by atoms with Crippen molar-refractivity contribution in [2.45, 2.75) is 37.1 Å². The summed E-state index contributed by atoms with van der Waals surface area (Å²) in [5.41, 5.74) is 1.43. The fourth-order valence-corrected chi connectivity index (χ4v) is 4.61. The lowest BCUT2D eigenvalue weighted by molar-refractivity contribution is -0.138. The van der Waals surface area contributed by atoms with Gasteiger partial charge in [0.25, 0.3) is 5.91 Å². The van der Waals surface area contributed by atoms with Gasteiger partial charge in [-0.1, -0.05) is 72.8 Å². The first-order valence-electron chi connectivity index (χ1n) is 12.5. The molecule has 3 aromatic carbocycles. The van der Waals surface area contributed by atoms with Gasteiger partial charge < -0.3 is 20.6 Å². The molecule has 1 heterocycles. The number of halogens is 2. The Morgan fingerprint density at radius 3 is 2.03 bits per heavy atom. The van der Waals surface area contributed by atoms with Gasteiger partial charge in [-0.2, -0.15) is 0 Å². The number of likely N-dealkylation sites (N-methyl/N-ethyl adjacent to an activating group) is 1. The van der Waals surface area contributed by atoms with E-state index in [1.165, 1.54) is 6.92 Å². The van der Waals surface area contributed by atoms with Gasteiger partial charge in [0.1, 0.15) is 23.7 Å². The summed E-state index contributed by atoms with van der Waals surface area (Å²) >= 11 is 0. The summed E-state index contributed by atoms with van der Waals surface area (Å²) in [5, 5.41) is 15.4. The molecule has 0 fully saturated rings. The summed E-state index contributed by atoms with van der Waals surface area (Å²) in [5.74, 6) is -4.41. The SMILES string of the molecule is C[C@H](NC(=O)[C@H](O)c1cc(F)cc(F)c1)C(=O)N[C@@H]1C(=O)N(C)[C@H](c2ccccc2)C=C[C@H]1c1ccccc1. The van der Waals surface area contributed by atoms with Crippen LogP contribution >= 0.6 is 0 Å². The van der Waals surface area contributed by atoms with Gasteiger partial charge in [0.05, 0.1) is 6.04 Å². The third kappa shape index (κ3) is 6.38. The van der Waals surface area contributed by atoms with E-state index >= 15 is 0 Å². The predicted octanol–water partition coefficient (Wildman–Crippen LogP) is 3.54. The van der Waals surface area contributed by atoms with Crippen LogP contribution in [0.1, 0.15) is 41.7 Å². The van der Waals surface area contributed by atoms with E-state index in [4.69, 9.17) is 0 Å². The molecule has 0 saturated carbocycles. The molecule has 0 aromatic heterocycles. The molecule has 3 N–H and O–H groups in total. The zero-order chi connectivity index (χ0) is 28.1. The van der Waals surface area contributed by atoms with E-state index in [9.17, 15) is 28.3 Å². The molecule has 0 bridgehead atoms. The van der Waals surface area contributed by atoms with Gasteiger partial charge in [0.2, 0.25) is 11.8 Å². The Morgan fingerprint density at radius 2 is 1.44 bits per heavy atom. The van der Waals surface area contributed by atoms with Crippen molar-refractivity contribution >= 4 is 17.7 Å². The van der Waals surface area contributed by atoms with Crippen LogP contribution in [0.5, 0.6) is 0 Å². The van der Waals surface area contributed by atoms with Crippen LogP contribution in [0.4, 0.5) is 8.78 Å². The fraction of sp³-hybridized carbons (Fsp3) is 0.233. The number of nitrogens with one attached hydrogen (secondary N) is 2. The lowest BCUT2D eigenvalue weighted by Gasteiger charge is -2.31. The number of hydrogen-bond donors (Lipinski definition) is 3. The minimum absolute atomic E-state index is 0.292. The normalized spacial score (nSPS) is 20.6. The van der Waals surface area contributed by atoms with Crippen molar-refractivity contribution < 1.29 is 28.3 Å². The highest BCUT2D eigenvalue weighted by Crippen LogP contribution is 2.32. The molecule has 202 valence electrons. The van der Waals surface area contributed by atoms with Crippen molar-refractivity contribution in [1.29, 1.82) is 0 Å². The number of carbonyl (C=O) groups is 3. The van der Waals surface area contributed by atoms with E-state index in [0.29, 0.717) is 6.07 Å². The maximum absolute atomic E-state index is 13.7. The monoisotopic (exact) mass is 533 g/mol. The second-order valence-electron chi connectivity index (χ2n) is 9.45. The zero-order valence-corrected chi connectivity index (χ0v) is 21.4. The highest BCUT2D eigenvalue weighted by Gasteiger charge is 2.37. The summed E-state index contributed by atoms with van der Waals surface area (Å²) in [6.07, 6.45) is 1.92. The Morgan fingerprint density at radius 1 is 0.872 bits per heavy atom. The maximum atomic E-state index is 13.7. The lowest BCUT2D eigenvalue weighted by atomic mass is 9.90. The molecule has 39 heavy (non-hydrogen) atoms. The number of nitrogens with zero attached hydrogens (tertiary/aromatic N) is 1. The first-order valence-corrected chi connectivity index (χ1v) is 12.5. The number of rotatable bonds is 7. The van der Waals surface area contributed by atoms with Crippen molar-refractivity contribution in [2.75, 3.05) is 7.05 Å². The summed E-state index contributed by atoms with van der Waals surface area (Å²) in [6.45, 7) is 1.39. The van der Waals surface area contributed by atoms with Gasteiger partial charge in [-0.3, -0.25) is 14.4 Å². The highest BCUT2D eigenvalue weighted by molar-refractivity contribution is 5.93. The summed E-state index contributed by atoms with van der Waals surface area (Å²) in [7, 11) is 1.66. The number of benzene rings is 3.